The van der Waals surface area contributed by atoms with E-state index in [1.165, 1.54) is 6.20 Å². The maximum Gasteiger partial charge on any atom is 0.265 e. The smallest absolute Gasteiger partial charge is 0.265 e. The highest BCUT2D eigenvalue weighted by Gasteiger charge is 2.22. The minimum absolute atomic E-state index is 0.151. The molecule has 3 rings (SSSR count). The number of methoxy groups -OCH3 is 1. The third kappa shape index (κ3) is 3.77. The number of nitrogens with one attached hydrogen (secondary N) is 3. The normalized spacial score (nSPS) is 11.2. The summed E-state index contributed by atoms with van der Waals surface area (Å²) < 4.78 is 32.7. The largest absolute Gasteiger partial charge is 0.497 e. The van der Waals surface area contributed by atoms with E-state index in [1.54, 1.807) is 33.1 Å². The van der Waals surface area contributed by atoms with Crippen molar-refractivity contribution in [3.63, 3.8) is 0 Å². The molecule has 9 heteroatoms. The summed E-state index contributed by atoms with van der Waals surface area (Å²) >= 11 is 0. The van der Waals surface area contributed by atoms with E-state index in [0.717, 1.165) is 11.4 Å². The van der Waals surface area contributed by atoms with E-state index in [-0.39, 0.29) is 4.90 Å². The molecular weight excluding hydrogens is 354 g/mol. The van der Waals surface area contributed by atoms with E-state index >= 15 is 0 Å². The van der Waals surface area contributed by atoms with Crippen molar-refractivity contribution in [2.75, 3.05) is 17.1 Å². The summed E-state index contributed by atoms with van der Waals surface area (Å²) in [5, 5.41) is 9.72. The maximum absolute atomic E-state index is 12.5. The fourth-order valence-corrected chi connectivity index (χ4v) is 3.91. The van der Waals surface area contributed by atoms with Crippen LogP contribution in [0.25, 0.3) is 0 Å². The third-order valence-corrected chi connectivity index (χ3v) is 5.35. The number of aryl methyl sites for hydroxylation is 2. The Morgan fingerprint density at radius 3 is 2.27 bits per heavy atom. The van der Waals surface area contributed by atoms with Crippen molar-refractivity contribution in [3.8, 4) is 5.75 Å². The second kappa shape index (κ2) is 7.04. The van der Waals surface area contributed by atoms with E-state index in [1.807, 2.05) is 24.3 Å². The first-order valence-corrected chi connectivity index (χ1v) is 9.29. The van der Waals surface area contributed by atoms with Crippen LogP contribution in [-0.4, -0.2) is 30.7 Å². The zero-order valence-corrected chi connectivity index (χ0v) is 15.4. The summed E-state index contributed by atoms with van der Waals surface area (Å²) in [4.78, 5) is 4.39. The first-order chi connectivity index (χ1) is 12.4. The lowest BCUT2D eigenvalue weighted by molar-refractivity contribution is 0.415. The molecule has 0 aliphatic rings. The lowest BCUT2D eigenvalue weighted by Crippen LogP contribution is -2.14. The Labute approximate surface area is 151 Å². The molecule has 136 valence electrons. The lowest BCUT2D eigenvalue weighted by atomic mass is 10.3. The highest BCUT2D eigenvalue weighted by Crippen LogP contribution is 2.22. The Kier molecular flexibility index (Phi) is 4.81. The first kappa shape index (κ1) is 17.7. The van der Waals surface area contributed by atoms with Crippen LogP contribution in [0.4, 0.5) is 17.2 Å². The predicted octanol–water partition coefficient (Wildman–Crippen LogP) is 2.97. The summed E-state index contributed by atoms with van der Waals surface area (Å²) in [6, 6.07) is 10.7. The summed E-state index contributed by atoms with van der Waals surface area (Å²) in [7, 11) is -2.12. The van der Waals surface area contributed by atoms with Crippen molar-refractivity contribution in [3.05, 3.63) is 54.0 Å². The van der Waals surface area contributed by atoms with Crippen LogP contribution in [0.1, 0.15) is 11.4 Å². The molecule has 2 heterocycles. The van der Waals surface area contributed by atoms with Gasteiger partial charge < -0.3 is 10.1 Å². The molecule has 0 atom stereocenters. The van der Waals surface area contributed by atoms with Gasteiger partial charge in [-0.1, -0.05) is 0 Å². The molecule has 0 spiro atoms. The number of rotatable bonds is 6. The molecule has 0 aliphatic heterocycles. The molecule has 0 amide bonds. The molecule has 26 heavy (non-hydrogen) atoms. The number of hydrogen-bond acceptors (Lipinski definition) is 6. The van der Waals surface area contributed by atoms with Crippen molar-refractivity contribution in [2.45, 2.75) is 18.7 Å². The molecule has 0 saturated heterocycles. The average molecular weight is 373 g/mol. The van der Waals surface area contributed by atoms with E-state index in [4.69, 9.17) is 4.74 Å². The van der Waals surface area contributed by atoms with Crippen molar-refractivity contribution in [1.82, 2.24) is 15.2 Å². The number of benzene rings is 1. The Bertz CT molecular complexity index is 976. The van der Waals surface area contributed by atoms with Gasteiger partial charge in [-0.25, -0.2) is 13.4 Å². The van der Waals surface area contributed by atoms with Crippen molar-refractivity contribution in [2.24, 2.45) is 0 Å². The number of pyridine rings is 1. The Hall–Kier alpha value is -3.07. The molecule has 3 aromatic rings. The predicted molar refractivity (Wildman–Crippen MR) is 99.4 cm³/mol. The Morgan fingerprint density at radius 1 is 1.04 bits per heavy atom. The minimum Gasteiger partial charge on any atom is -0.497 e. The van der Waals surface area contributed by atoms with Gasteiger partial charge in [-0.3, -0.25) is 9.82 Å². The van der Waals surface area contributed by atoms with Gasteiger partial charge in [0.05, 0.1) is 30.4 Å². The SMILES string of the molecule is COc1ccc(Nc2ccc(NS(=O)(=O)c3c(C)n[nH]c3C)cn2)cc1. The number of hydrogen-bond donors (Lipinski definition) is 3. The lowest BCUT2D eigenvalue weighted by Gasteiger charge is -2.10. The van der Waals surface area contributed by atoms with Gasteiger partial charge in [-0.2, -0.15) is 5.10 Å². The number of aromatic amines is 1. The van der Waals surface area contributed by atoms with Gasteiger partial charge in [0.2, 0.25) is 0 Å². The molecule has 3 N–H and O–H groups in total. The van der Waals surface area contributed by atoms with E-state index in [9.17, 15) is 8.42 Å². The fraction of sp³-hybridized carbons (Fsp3) is 0.176. The third-order valence-electron chi connectivity index (χ3n) is 3.71. The van der Waals surface area contributed by atoms with Gasteiger partial charge in [0.1, 0.15) is 16.5 Å². The first-order valence-electron chi connectivity index (χ1n) is 7.80. The number of H-pyrrole nitrogens is 1. The van der Waals surface area contributed by atoms with Gasteiger partial charge >= 0.3 is 0 Å². The van der Waals surface area contributed by atoms with Crippen LogP contribution in [0.15, 0.2) is 47.5 Å². The highest BCUT2D eigenvalue weighted by molar-refractivity contribution is 7.92. The maximum atomic E-state index is 12.5. The second-order valence-electron chi connectivity index (χ2n) is 5.65. The van der Waals surface area contributed by atoms with E-state index < -0.39 is 10.0 Å². The van der Waals surface area contributed by atoms with Gasteiger partial charge in [0, 0.05) is 5.69 Å². The minimum atomic E-state index is -3.73. The van der Waals surface area contributed by atoms with Crippen LogP contribution in [0.3, 0.4) is 0 Å². The van der Waals surface area contributed by atoms with Crippen LogP contribution >= 0.6 is 0 Å². The topological polar surface area (TPSA) is 109 Å². The Balaban J connectivity index is 1.73. The molecule has 0 unspecified atom stereocenters. The quantitative estimate of drug-likeness (QED) is 0.613. The van der Waals surface area contributed by atoms with Crippen molar-refractivity contribution >= 4 is 27.2 Å². The summed E-state index contributed by atoms with van der Waals surface area (Å²) in [6.07, 6.45) is 1.45. The van der Waals surface area contributed by atoms with Gasteiger partial charge in [0.25, 0.3) is 10.0 Å². The second-order valence-corrected chi connectivity index (χ2v) is 7.27. The highest BCUT2D eigenvalue weighted by atomic mass is 32.2. The standard InChI is InChI=1S/C17H19N5O3S/c1-11-17(12(2)21-20-11)26(23,24)22-14-6-9-16(18-10-14)19-13-4-7-15(25-3)8-5-13/h4-10,22H,1-3H3,(H,18,19)(H,20,21). The van der Waals surface area contributed by atoms with Crippen LogP contribution in [-0.2, 0) is 10.0 Å². The van der Waals surface area contributed by atoms with E-state index in [2.05, 4.69) is 25.2 Å². The molecule has 0 fully saturated rings. The van der Waals surface area contributed by atoms with Crippen LogP contribution in [0.2, 0.25) is 0 Å². The molecule has 0 radical (unpaired) electrons. The number of aromatic nitrogens is 3. The Morgan fingerprint density at radius 2 is 1.73 bits per heavy atom. The molecule has 0 aliphatic carbocycles. The van der Waals surface area contributed by atoms with Gasteiger partial charge in [0.15, 0.2) is 0 Å². The van der Waals surface area contributed by atoms with Crippen molar-refractivity contribution in [1.29, 1.82) is 0 Å². The zero-order valence-electron chi connectivity index (χ0n) is 14.6. The summed E-state index contributed by atoms with van der Waals surface area (Å²) in [5.74, 6) is 1.35. The van der Waals surface area contributed by atoms with Gasteiger partial charge in [-0.15, -0.1) is 0 Å². The van der Waals surface area contributed by atoms with Crippen LogP contribution < -0.4 is 14.8 Å². The van der Waals surface area contributed by atoms with Gasteiger partial charge in [-0.05, 0) is 50.2 Å². The molecule has 8 nitrogen and oxygen atoms in total. The van der Waals surface area contributed by atoms with Crippen LogP contribution in [0, 0.1) is 13.8 Å². The van der Waals surface area contributed by atoms with Crippen molar-refractivity contribution < 1.29 is 13.2 Å². The molecule has 0 bridgehead atoms. The average Bonchev–Trinajstić information content (AvgIpc) is 2.96. The monoisotopic (exact) mass is 373 g/mol. The number of nitrogens with zero attached hydrogens (tertiary/aromatic N) is 2. The fourth-order valence-electron chi connectivity index (χ4n) is 2.49. The van der Waals surface area contributed by atoms with E-state index in [0.29, 0.717) is 22.9 Å². The summed E-state index contributed by atoms with van der Waals surface area (Å²) in [5.41, 5.74) is 2.11. The number of anilines is 3. The molecule has 2 aromatic heterocycles. The zero-order chi connectivity index (χ0) is 18.7. The molecular formula is C17H19N5O3S. The number of sulfonamides is 1. The van der Waals surface area contributed by atoms with Crippen LogP contribution in [0.5, 0.6) is 5.75 Å². The molecule has 1 aromatic carbocycles. The molecule has 0 saturated carbocycles. The number of ether oxygens (including phenoxy) is 1. The summed E-state index contributed by atoms with van der Waals surface area (Å²) in [6.45, 7) is 3.30.